The quantitative estimate of drug-likeness (QED) is 0.716. The van der Waals surface area contributed by atoms with Crippen molar-refractivity contribution in [3.8, 4) is 17.0 Å². The monoisotopic (exact) mass is 351 g/mol. The number of aryl methyl sites for hydroxylation is 1. The number of para-hydroxylation sites is 1. The molecule has 2 aromatic heterocycles. The zero-order valence-corrected chi connectivity index (χ0v) is 14.6. The molecule has 0 unspecified atom stereocenters. The Kier molecular flexibility index (Phi) is 4.34. The second-order valence-electron chi connectivity index (χ2n) is 6.55. The number of ether oxygens (including phenoxy) is 1. The summed E-state index contributed by atoms with van der Waals surface area (Å²) in [5.74, 6) is 1.50. The van der Waals surface area contributed by atoms with Crippen LogP contribution in [0.3, 0.4) is 0 Å². The van der Waals surface area contributed by atoms with Gasteiger partial charge in [-0.15, -0.1) is 0 Å². The molecule has 1 saturated carbocycles. The zero-order chi connectivity index (χ0) is 18.1. The Morgan fingerprint density at radius 2 is 2.15 bits per heavy atom. The van der Waals surface area contributed by atoms with Gasteiger partial charge in [0, 0.05) is 23.9 Å². The number of carbonyl (C=O) groups is 1. The predicted molar refractivity (Wildman–Crippen MR) is 100 cm³/mol. The normalized spacial score (nSPS) is 13.8. The summed E-state index contributed by atoms with van der Waals surface area (Å²) in [6.07, 6.45) is 3.71. The minimum Gasteiger partial charge on any atom is -0.490 e. The van der Waals surface area contributed by atoms with E-state index in [0.717, 1.165) is 40.8 Å². The van der Waals surface area contributed by atoms with E-state index in [-0.39, 0.29) is 25.0 Å². The number of aliphatic hydroxyl groups excluding tert-OH is 1. The number of rotatable bonds is 6. The molecule has 3 aromatic rings. The Morgan fingerprint density at radius 1 is 1.35 bits per heavy atom. The number of nitrogens with zero attached hydrogens (tertiary/aromatic N) is 2. The Balaban J connectivity index is 1.70. The van der Waals surface area contributed by atoms with E-state index in [0.29, 0.717) is 5.82 Å². The third-order valence-corrected chi connectivity index (χ3v) is 4.64. The molecule has 0 aliphatic heterocycles. The number of amides is 1. The Labute approximate surface area is 151 Å². The molecule has 1 aromatic carbocycles. The summed E-state index contributed by atoms with van der Waals surface area (Å²) in [5.41, 5.74) is 2.91. The number of nitrogens with one attached hydrogen (secondary N) is 1. The lowest BCUT2D eigenvalue weighted by Gasteiger charge is -2.11. The maximum absolute atomic E-state index is 12.0. The first-order valence-corrected chi connectivity index (χ1v) is 8.77. The summed E-state index contributed by atoms with van der Waals surface area (Å²) in [6, 6.07) is 11.7. The van der Waals surface area contributed by atoms with Gasteiger partial charge >= 0.3 is 0 Å². The number of pyridine rings is 1. The number of hydrogen-bond donors (Lipinski definition) is 2. The van der Waals surface area contributed by atoms with E-state index in [2.05, 4.69) is 20.9 Å². The third-order valence-electron chi connectivity index (χ3n) is 4.64. The van der Waals surface area contributed by atoms with Gasteiger partial charge in [0.2, 0.25) is 5.91 Å². The maximum Gasteiger partial charge on any atom is 0.228 e. The van der Waals surface area contributed by atoms with Gasteiger partial charge in [-0.05, 0) is 37.1 Å². The van der Waals surface area contributed by atoms with Gasteiger partial charge in [0.25, 0.3) is 0 Å². The molecule has 1 amide bonds. The minimum atomic E-state index is -0.0303. The standard InChI is InChI=1S/C20H21N3O3/c1-23-16(15-4-2-3-5-18(15)26-9-8-24)10-14-11-19(21-12-17(14)23)22-20(25)13-6-7-13/h2-5,10-13,24H,6-9H2,1H3,(H,21,22,25). The van der Waals surface area contributed by atoms with Crippen LogP contribution in [0.2, 0.25) is 0 Å². The zero-order valence-electron chi connectivity index (χ0n) is 14.6. The molecule has 4 rings (SSSR count). The van der Waals surface area contributed by atoms with Crippen molar-refractivity contribution in [3.63, 3.8) is 0 Å². The molecule has 0 atom stereocenters. The van der Waals surface area contributed by atoms with E-state index >= 15 is 0 Å². The van der Waals surface area contributed by atoms with Crippen LogP contribution < -0.4 is 10.1 Å². The van der Waals surface area contributed by atoms with Gasteiger partial charge in [0.05, 0.1) is 24.0 Å². The highest BCUT2D eigenvalue weighted by atomic mass is 16.5. The first kappa shape index (κ1) is 16.6. The van der Waals surface area contributed by atoms with Gasteiger partial charge < -0.3 is 19.7 Å². The van der Waals surface area contributed by atoms with E-state index in [1.165, 1.54) is 0 Å². The molecular formula is C20H21N3O3. The van der Waals surface area contributed by atoms with Crippen LogP contribution in [0.25, 0.3) is 22.2 Å². The van der Waals surface area contributed by atoms with Crippen LogP contribution in [0.15, 0.2) is 42.6 Å². The molecule has 2 heterocycles. The number of anilines is 1. The molecule has 134 valence electrons. The smallest absolute Gasteiger partial charge is 0.228 e. The fourth-order valence-electron chi connectivity index (χ4n) is 3.09. The maximum atomic E-state index is 12.0. The van der Waals surface area contributed by atoms with E-state index < -0.39 is 0 Å². The van der Waals surface area contributed by atoms with Crippen LogP contribution in [-0.4, -0.2) is 33.8 Å². The largest absolute Gasteiger partial charge is 0.490 e. The van der Waals surface area contributed by atoms with Gasteiger partial charge in [0.15, 0.2) is 0 Å². The van der Waals surface area contributed by atoms with Crippen LogP contribution >= 0.6 is 0 Å². The molecule has 0 radical (unpaired) electrons. The van der Waals surface area contributed by atoms with Gasteiger partial charge in [-0.1, -0.05) is 12.1 Å². The van der Waals surface area contributed by atoms with Gasteiger partial charge in [-0.25, -0.2) is 4.98 Å². The van der Waals surface area contributed by atoms with Gasteiger partial charge in [0.1, 0.15) is 18.2 Å². The lowest BCUT2D eigenvalue weighted by molar-refractivity contribution is -0.117. The summed E-state index contributed by atoms with van der Waals surface area (Å²) < 4.78 is 7.72. The van der Waals surface area contributed by atoms with Crippen molar-refractivity contribution >= 4 is 22.6 Å². The number of aliphatic hydroxyl groups is 1. The number of benzene rings is 1. The molecule has 0 bridgehead atoms. The van der Waals surface area contributed by atoms with E-state index in [9.17, 15) is 4.79 Å². The van der Waals surface area contributed by atoms with E-state index in [4.69, 9.17) is 9.84 Å². The van der Waals surface area contributed by atoms with Crippen LogP contribution in [0.5, 0.6) is 5.75 Å². The van der Waals surface area contributed by atoms with E-state index in [1.807, 2.05) is 37.4 Å². The SMILES string of the molecule is Cn1c(-c2ccccc2OCCO)cc2cc(NC(=O)C3CC3)ncc21. The highest BCUT2D eigenvalue weighted by molar-refractivity contribution is 5.96. The van der Waals surface area contributed by atoms with Crippen molar-refractivity contribution in [1.82, 2.24) is 9.55 Å². The second-order valence-corrected chi connectivity index (χ2v) is 6.55. The van der Waals surface area contributed by atoms with Gasteiger partial charge in [-0.3, -0.25) is 4.79 Å². The molecule has 1 fully saturated rings. The third kappa shape index (κ3) is 3.15. The lowest BCUT2D eigenvalue weighted by atomic mass is 10.1. The summed E-state index contributed by atoms with van der Waals surface area (Å²) >= 11 is 0. The number of carbonyl (C=O) groups excluding carboxylic acids is 1. The van der Waals surface area contributed by atoms with Crippen LogP contribution in [0.4, 0.5) is 5.82 Å². The van der Waals surface area contributed by atoms with Crippen molar-refractivity contribution in [1.29, 1.82) is 0 Å². The highest BCUT2D eigenvalue weighted by Gasteiger charge is 2.29. The van der Waals surface area contributed by atoms with Gasteiger partial charge in [-0.2, -0.15) is 0 Å². The summed E-state index contributed by atoms with van der Waals surface area (Å²) in [6.45, 7) is 0.220. The number of fused-ring (bicyclic) bond motifs is 1. The molecule has 0 saturated heterocycles. The first-order chi connectivity index (χ1) is 12.7. The molecule has 0 spiro atoms. The van der Waals surface area contributed by atoms with Crippen molar-refractivity contribution < 1.29 is 14.6 Å². The fraction of sp³-hybridized carbons (Fsp3) is 0.300. The topological polar surface area (TPSA) is 76.4 Å². The van der Waals surface area contributed by atoms with Crippen molar-refractivity contribution in [2.75, 3.05) is 18.5 Å². The fourth-order valence-corrected chi connectivity index (χ4v) is 3.09. The molecule has 2 N–H and O–H groups in total. The number of hydrogen-bond acceptors (Lipinski definition) is 4. The van der Waals surface area contributed by atoms with Crippen LogP contribution in [0.1, 0.15) is 12.8 Å². The molecule has 1 aliphatic carbocycles. The Morgan fingerprint density at radius 3 is 2.92 bits per heavy atom. The van der Waals surface area contributed by atoms with Crippen molar-refractivity contribution in [3.05, 3.63) is 42.6 Å². The highest BCUT2D eigenvalue weighted by Crippen LogP contribution is 2.34. The van der Waals surface area contributed by atoms with Crippen LogP contribution in [-0.2, 0) is 11.8 Å². The predicted octanol–water partition coefficient (Wildman–Crippen LogP) is 2.96. The van der Waals surface area contributed by atoms with E-state index in [1.54, 1.807) is 6.20 Å². The Bertz CT molecular complexity index is 960. The second kappa shape index (κ2) is 6.80. The summed E-state index contributed by atoms with van der Waals surface area (Å²) in [7, 11) is 1.98. The molecule has 6 nitrogen and oxygen atoms in total. The molecule has 26 heavy (non-hydrogen) atoms. The van der Waals surface area contributed by atoms with Crippen molar-refractivity contribution in [2.45, 2.75) is 12.8 Å². The average molecular weight is 351 g/mol. The van der Waals surface area contributed by atoms with Crippen LogP contribution in [0, 0.1) is 5.92 Å². The summed E-state index contributed by atoms with van der Waals surface area (Å²) in [5, 5.41) is 12.9. The first-order valence-electron chi connectivity index (χ1n) is 8.77. The van der Waals surface area contributed by atoms with Crippen molar-refractivity contribution in [2.24, 2.45) is 13.0 Å². The molecular weight excluding hydrogens is 330 g/mol. The average Bonchev–Trinajstić information content (AvgIpc) is 3.45. The molecule has 1 aliphatic rings. The number of aromatic nitrogens is 2. The lowest BCUT2D eigenvalue weighted by Crippen LogP contribution is -2.14. The Hall–Kier alpha value is -2.86. The summed E-state index contributed by atoms with van der Waals surface area (Å²) in [4.78, 5) is 16.3. The molecule has 6 heteroatoms. The minimum absolute atomic E-state index is 0.0303.